The molecular formula is C23H24N2O3. The molecule has 0 saturated carbocycles. The van der Waals surface area contributed by atoms with E-state index in [2.05, 4.69) is 23.5 Å². The summed E-state index contributed by atoms with van der Waals surface area (Å²) in [6.45, 7) is 4.69. The molecule has 5 heteroatoms. The van der Waals surface area contributed by atoms with Gasteiger partial charge in [0.15, 0.2) is 0 Å². The van der Waals surface area contributed by atoms with Gasteiger partial charge in [-0.3, -0.25) is 4.79 Å². The number of rotatable bonds is 6. The van der Waals surface area contributed by atoms with Crippen LogP contribution in [-0.4, -0.2) is 23.4 Å². The van der Waals surface area contributed by atoms with Crippen LogP contribution in [0.15, 0.2) is 66.7 Å². The molecule has 0 atom stereocenters. The van der Waals surface area contributed by atoms with Crippen molar-refractivity contribution in [3.63, 3.8) is 0 Å². The quantitative estimate of drug-likeness (QED) is 0.642. The van der Waals surface area contributed by atoms with Gasteiger partial charge < -0.3 is 15.0 Å². The maximum Gasteiger partial charge on any atom is 0.415 e. The average Bonchev–Trinajstić information content (AvgIpc) is 2.72. The third-order valence-corrected chi connectivity index (χ3v) is 4.53. The normalized spacial score (nSPS) is 10.5. The number of nitrogens with zero attached hydrogens (tertiary/aromatic N) is 1. The molecule has 2 amide bonds. The first-order chi connectivity index (χ1) is 13.6. The molecule has 0 aliphatic heterocycles. The fourth-order valence-electron chi connectivity index (χ4n) is 2.99. The van der Waals surface area contributed by atoms with Gasteiger partial charge in [-0.15, -0.1) is 0 Å². The van der Waals surface area contributed by atoms with E-state index in [1.165, 1.54) is 0 Å². The predicted octanol–water partition coefficient (Wildman–Crippen LogP) is 5.21. The highest BCUT2D eigenvalue weighted by Crippen LogP contribution is 2.22. The monoisotopic (exact) mass is 376 g/mol. The van der Waals surface area contributed by atoms with Crippen LogP contribution in [0.25, 0.3) is 10.8 Å². The van der Waals surface area contributed by atoms with E-state index in [1.807, 2.05) is 31.2 Å². The summed E-state index contributed by atoms with van der Waals surface area (Å²) >= 11 is 0. The molecule has 144 valence electrons. The Labute approximate surface area is 164 Å². The molecule has 3 rings (SSSR count). The lowest BCUT2D eigenvalue weighted by atomic mass is 10.0. The second-order valence-electron chi connectivity index (χ2n) is 6.45. The lowest BCUT2D eigenvalue weighted by molar-refractivity contribution is -0.115. The molecule has 28 heavy (non-hydrogen) atoms. The SMILES string of the molecule is CCC(=O)Nc1cccc(OC(=O)N(CC)Cc2cccc3ccccc23)c1. The van der Waals surface area contributed by atoms with Crippen LogP contribution in [0.5, 0.6) is 5.75 Å². The van der Waals surface area contributed by atoms with Gasteiger partial charge in [0.1, 0.15) is 5.75 Å². The Morgan fingerprint density at radius 3 is 2.50 bits per heavy atom. The highest BCUT2D eigenvalue weighted by molar-refractivity contribution is 5.90. The van der Waals surface area contributed by atoms with E-state index in [-0.39, 0.29) is 5.91 Å². The van der Waals surface area contributed by atoms with E-state index >= 15 is 0 Å². The van der Waals surface area contributed by atoms with E-state index in [9.17, 15) is 9.59 Å². The fraction of sp³-hybridized carbons (Fsp3) is 0.217. The van der Waals surface area contributed by atoms with Crippen molar-refractivity contribution in [2.45, 2.75) is 26.8 Å². The molecule has 0 unspecified atom stereocenters. The van der Waals surface area contributed by atoms with Crippen LogP contribution in [0.4, 0.5) is 10.5 Å². The van der Waals surface area contributed by atoms with Crippen LogP contribution in [0.3, 0.4) is 0 Å². The minimum atomic E-state index is -0.422. The zero-order valence-electron chi connectivity index (χ0n) is 16.1. The molecule has 0 heterocycles. The number of amides is 2. The Morgan fingerprint density at radius 2 is 1.71 bits per heavy atom. The fourth-order valence-corrected chi connectivity index (χ4v) is 2.99. The average molecular weight is 376 g/mol. The molecule has 0 fully saturated rings. The van der Waals surface area contributed by atoms with Gasteiger partial charge >= 0.3 is 6.09 Å². The summed E-state index contributed by atoms with van der Waals surface area (Å²) in [5, 5.41) is 5.03. The molecule has 1 N–H and O–H groups in total. The van der Waals surface area contributed by atoms with Crippen molar-refractivity contribution in [1.82, 2.24) is 4.90 Å². The number of carbonyl (C=O) groups excluding carboxylic acids is 2. The van der Waals surface area contributed by atoms with E-state index in [0.717, 1.165) is 16.3 Å². The molecule has 0 saturated heterocycles. The Kier molecular flexibility index (Phi) is 6.27. The van der Waals surface area contributed by atoms with Crippen LogP contribution < -0.4 is 10.1 Å². The number of anilines is 1. The Morgan fingerprint density at radius 1 is 0.964 bits per heavy atom. The highest BCUT2D eigenvalue weighted by Gasteiger charge is 2.16. The largest absolute Gasteiger partial charge is 0.415 e. The molecule has 0 aliphatic carbocycles. The molecule has 5 nitrogen and oxygen atoms in total. The Bertz CT molecular complexity index is 979. The van der Waals surface area contributed by atoms with Gasteiger partial charge in [0.05, 0.1) is 0 Å². The van der Waals surface area contributed by atoms with Gasteiger partial charge in [-0.2, -0.15) is 0 Å². The molecule has 0 bridgehead atoms. The third kappa shape index (κ3) is 4.68. The number of hydrogen-bond acceptors (Lipinski definition) is 3. The van der Waals surface area contributed by atoms with Gasteiger partial charge in [-0.05, 0) is 35.4 Å². The van der Waals surface area contributed by atoms with Crippen molar-refractivity contribution in [2.24, 2.45) is 0 Å². The number of fused-ring (bicyclic) bond motifs is 1. The third-order valence-electron chi connectivity index (χ3n) is 4.53. The van der Waals surface area contributed by atoms with Crippen LogP contribution >= 0.6 is 0 Å². The second-order valence-corrected chi connectivity index (χ2v) is 6.45. The second kappa shape index (κ2) is 9.04. The van der Waals surface area contributed by atoms with Crippen molar-refractivity contribution in [2.75, 3.05) is 11.9 Å². The number of carbonyl (C=O) groups is 2. The van der Waals surface area contributed by atoms with Gasteiger partial charge in [0.25, 0.3) is 0 Å². The zero-order valence-corrected chi connectivity index (χ0v) is 16.1. The van der Waals surface area contributed by atoms with Crippen molar-refractivity contribution in [1.29, 1.82) is 0 Å². The maximum atomic E-state index is 12.7. The standard InChI is InChI=1S/C23H24N2O3/c1-3-22(26)24-19-12-8-13-20(15-19)28-23(27)25(4-2)16-18-11-7-10-17-9-5-6-14-21(17)18/h5-15H,3-4,16H2,1-2H3,(H,24,26). The summed E-state index contributed by atoms with van der Waals surface area (Å²) in [5.41, 5.74) is 1.68. The Hall–Kier alpha value is -3.34. The minimum absolute atomic E-state index is 0.0883. The number of ether oxygens (including phenoxy) is 1. The smallest absolute Gasteiger partial charge is 0.410 e. The Balaban J connectivity index is 1.73. The maximum absolute atomic E-state index is 12.7. The summed E-state index contributed by atoms with van der Waals surface area (Å²) in [6, 6.07) is 21.1. The molecule has 0 spiro atoms. The van der Waals surface area contributed by atoms with Crippen LogP contribution in [0.1, 0.15) is 25.8 Å². The molecule has 3 aromatic rings. The van der Waals surface area contributed by atoms with Crippen molar-refractivity contribution >= 4 is 28.5 Å². The first kappa shape index (κ1) is 19.4. The summed E-state index contributed by atoms with van der Waals surface area (Å²) < 4.78 is 5.54. The highest BCUT2D eigenvalue weighted by atomic mass is 16.6. The van der Waals surface area contributed by atoms with Crippen LogP contribution in [0.2, 0.25) is 0 Å². The molecule has 0 radical (unpaired) electrons. The number of benzene rings is 3. The lowest BCUT2D eigenvalue weighted by Gasteiger charge is -2.21. The van der Waals surface area contributed by atoms with Crippen LogP contribution in [-0.2, 0) is 11.3 Å². The number of nitrogens with one attached hydrogen (secondary N) is 1. The van der Waals surface area contributed by atoms with E-state index in [4.69, 9.17) is 4.74 Å². The lowest BCUT2D eigenvalue weighted by Crippen LogP contribution is -2.33. The van der Waals surface area contributed by atoms with Gasteiger partial charge in [-0.1, -0.05) is 55.5 Å². The van der Waals surface area contributed by atoms with Gasteiger partial charge in [0, 0.05) is 31.3 Å². The predicted molar refractivity (Wildman–Crippen MR) is 111 cm³/mol. The van der Waals surface area contributed by atoms with Crippen molar-refractivity contribution in [3.8, 4) is 5.75 Å². The van der Waals surface area contributed by atoms with E-state index in [1.54, 1.807) is 36.1 Å². The van der Waals surface area contributed by atoms with Crippen LogP contribution in [0, 0.1) is 0 Å². The van der Waals surface area contributed by atoms with Gasteiger partial charge in [0.2, 0.25) is 5.91 Å². The summed E-state index contributed by atoms with van der Waals surface area (Å²) in [7, 11) is 0. The first-order valence-corrected chi connectivity index (χ1v) is 9.44. The first-order valence-electron chi connectivity index (χ1n) is 9.44. The molecule has 0 aromatic heterocycles. The minimum Gasteiger partial charge on any atom is -0.410 e. The molecular weight excluding hydrogens is 352 g/mol. The van der Waals surface area contributed by atoms with Crippen molar-refractivity contribution < 1.29 is 14.3 Å². The summed E-state index contributed by atoms with van der Waals surface area (Å²) in [6.07, 6.45) is -0.0343. The molecule has 3 aromatic carbocycles. The van der Waals surface area contributed by atoms with E-state index < -0.39 is 6.09 Å². The number of hydrogen-bond donors (Lipinski definition) is 1. The topological polar surface area (TPSA) is 58.6 Å². The van der Waals surface area contributed by atoms with E-state index in [0.29, 0.717) is 30.9 Å². The summed E-state index contributed by atoms with van der Waals surface area (Å²) in [4.78, 5) is 25.9. The zero-order chi connectivity index (χ0) is 19.9. The van der Waals surface area contributed by atoms with Gasteiger partial charge in [-0.25, -0.2) is 4.79 Å². The molecule has 0 aliphatic rings. The summed E-state index contributed by atoms with van der Waals surface area (Å²) in [5.74, 6) is 0.310. The van der Waals surface area contributed by atoms with Crippen molar-refractivity contribution in [3.05, 3.63) is 72.3 Å².